The fraction of sp³-hybridized carbons (Fsp3) is 0.929. The number of hydrogen-bond donors (Lipinski definition) is 2. The second kappa shape index (κ2) is 6.53. The van der Waals surface area contributed by atoms with E-state index in [2.05, 4.69) is 24.5 Å². The SMILES string of the molecule is CCC(C)(C)NC(=O)C(C)OC1CCC(C)NC1. The van der Waals surface area contributed by atoms with Gasteiger partial charge in [-0.15, -0.1) is 0 Å². The number of nitrogens with one attached hydrogen (secondary N) is 2. The average molecular weight is 256 g/mol. The summed E-state index contributed by atoms with van der Waals surface area (Å²) in [7, 11) is 0. The summed E-state index contributed by atoms with van der Waals surface area (Å²) < 4.78 is 5.82. The van der Waals surface area contributed by atoms with Crippen molar-refractivity contribution in [3.8, 4) is 0 Å². The van der Waals surface area contributed by atoms with Crippen molar-refractivity contribution in [2.45, 2.75) is 77.7 Å². The lowest BCUT2D eigenvalue weighted by Gasteiger charge is -2.31. The molecule has 3 atom stereocenters. The van der Waals surface area contributed by atoms with Crippen LogP contribution in [0.3, 0.4) is 0 Å². The zero-order chi connectivity index (χ0) is 13.8. The van der Waals surface area contributed by atoms with Crippen LogP contribution >= 0.6 is 0 Å². The summed E-state index contributed by atoms with van der Waals surface area (Å²) in [4.78, 5) is 12.0. The molecule has 4 heteroatoms. The van der Waals surface area contributed by atoms with Crippen LogP contribution in [0.4, 0.5) is 0 Å². The lowest BCUT2D eigenvalue weighted by molar-refractivity contribution is -0.137. The van der Waals surface area contributed by atoms with Gasteiger partial charge in [-0.25, -0.2) is 0 Å². The lowest BCUT2D eigenvalue weighted by Crippen LogP contribution is -2.49. The molecule has 1 aliphatic heterocycles. The maximum atomic E-state index is 12.0. The van der Waals surface area contributed by atoms with Gasteiger partial charge < -0.3 is 15.4 Å². The van der Waals surface area contributed by atoms with E-state index in [0.29, 0.717) is 6.04 Å². The number of piperidine rings is 1. The molecule has 1 heterocycles. The van der Waals surface area contributed by atoms with Gasteiger partial charge in [0.05, 0.1) is 6.10 Å². The molecule has 1 amide bonds. The Labute approximate surface area is 111 Å². The van der Waals surface area contributed by atoms with Crippen molar-refractivity contribution in [1.29, 1.82) is 0 Å². The zero-order valence-corrected chi connectivity index (χ0v) is 12.4. The van der Waals surface area contributed by atoms with Gasteiger partial charge in [0.15, 0.2) is 0 Å². The summed E-state index contributed by atoms with van der Waals surface area (Å²) in [6, 6.07) is 0.563. The Morgan fingerprint density at radius 2 is 2.17 bits per heavy atom. The maximum absolute atomic E-state index is 12.0. The van der Waals surface area contributed by atoms with E-state index < -0.39 is 0 Å². The molecule has 1 aliphatic rings. The minimum atomic E-state index is -0.379. The fourth-order valence-electron chi connectivity index (χ4n) is 1.96. The Morgan fingerprint density at radius 3 is 2.67 bits per heavy atom. The minimum absolute atomic E-state index is 0.0135. The van der Waals surface area contributed by atoms with E-state index in [1.54, 1.807) is 0 Å². The molecule has 4 nitrogen and oxygen atoms in total. The normalized spacial score (nSPS) is 26.7. The second-order valence-corrected chi connectivity index (χ2v) is 6.01. The molecule has 3 unspecified atom stereocenters. The molecule has 0 aromatic rings. The number of carbonyl (C=O) groups excluding carboxylic acids is 1. The molecule has 1 fully saturated rings. The molecular formula is C14H28N2O2. The standard InChI is InChI=1S/C14H28N2O2/c1-6-14(4,5)16-13(17)11(3)18-12-8-7-10(2)15-9-12/h10-12,15H,6-9H2,1-5H3,(H,16,17). The molecule has 106 valence electrons. The fourth-order valence-corrected chi connectivity index (χ4v) is 1.96. The van der Waals surface area contributed by atoms with Crippen LogP contribution in [0.25, 0.3) is 0 Å². The highest BCUT2D eigenvalue weighted by Gasteiger charge is 2.26. The van der Waals surface area contributed by atoms with Gasteiger partial charge in [0.25, 0.3) is 0 Å². The van der Waals surface area contributed by atoms with E-state index in [9.17, 15) is 4.79 Å². The van der Waals surface area contributed by atoms with E-state index in [4.69, 9.17) is 4.74 Å². The first-order valence-corrected chi connectivity index (χ1v) is 7.05. The minimum Gasteiger partial charge on any atom is -0.364 e. The first-order chi connectivity index (χ1) is 8.34. The first-order valence-electron chi connectivity index (χ1n) is 7.05. The van der Waals surface area contributed by atoms with Crippen LogP contribution in [0.15, 0.2) is 0 Å². The van der Waals surface area contributed by atoms with Gasteiger partial charge in [-0.1, -0.05) is 6.92 Å². The summed E-state index contributed by atoms with van der Waals surface area (Å²) in [6.45, 7) is 11.0. The molecule has 0 bridgehead atoms. The largest absolute Gasteiger partial charge is 0.364 e. The van der Waals surface area contributed by atoms with E-state index >= 15 is 0 Å². The van der Waals surface area contributed by atoms with E-state index in [0.717, 1.165) is 25.8 Å². The molecule has 1 rings (SSSR count). The second-order valence-electron chi connectivity index (χ2n) is 6.01. The summed E-state index contributed by atoms with van der Waals surface area (Å²) in [6.07, 6.45) is 2.83. The monoisotopic (exact) mass is 256 g/mol. The van der Waals surface area contributed by atoms with Gasteiger partial charge >= 0.3 is 0 Å². The molecule has 1 saturated heterocycles. The molecule has 0 aliphatic carbocycles. The summed E-state index contributed by atoms with van der Waals surface area (Å²) in [5.41, 5.74) is -0.159. The predicted octanol–water partition coefficient (Wildman–Crippen LogP) is 1.84. The summed E-state index contributed by atoms with van der Waals surface area (Å²) >= 11 is 0. The van der Waals surface area contributed by atoms with Crippen LogP contribution in [0.5, 0.6) is 0 Å². The van der Waals surface area contributed by atoms with Gasteiger partial charge in [0.2, 0.25) is 5.91 Å². The van der Waals surface area contributed by atoms with Gasteiger partial charge in [0, 0.05) is 18.1 Å². The third kappa shape index (κ3) is 4.94. The quantitative estimate of drug-likeness (QED) is 0.789. The molecule has 18 heavy (non-hydrogen) atoms. The average Bonchev–Trinajstić information content (AvgIpc) is 2.31. The Hall–Kier alpha value is -0.610. The van der Waals surface area contributed by atoms with Crippen molar-refractivity contribution in [2.24, 2.45) is 0 Å². The molecular weight excluding hydrogens is 228 g/mol. The zero-order valence-electron chi connectivity index (χ0n) is 12.4. The number of hydrogen-bond acceptors (Lipinski definition) is 3. The Morgan fingerprint density at radius 1 is 1.50 bits per heavy atom. The van der Waals surface area contributed by atoms with Crippen LogP contribution in [0.1, 0.15) is 53.9 Å². The number of carbonyl (C=O) groups is 1. The summed E-state index contributed by atoms with van der Waals surface area (Å²) in [5.74, 6) is -0.0135. The van der Waals surface area contributed by atoms with Crippen LogP contribution in [-0.2, 0) is 9.53 Å². The smallest absolute Gasteiger partial charge is 0.249 e. The van der Waals surface area contributed by atoms with Crippen LogP contribution in [0.2, 0.25) is 0 Å². The molecule has 0 radical (unpaired) electrons. The van der Waals surface area contributed by atoms with Crippen molar-refractivity contribution in [2.75, 3.05) is 6.54 Å². The Balaban J connectivity index is 2.36. The summed E-state index contributed by atoms with van der Waals surface area (Å²) in [5, 5.41) is 6.40. The third-order valence-corrected chi connectivity index (χ3v) is 3.73. The van der Waals surface area contributed by atoms with Gasteiger partial charge in [0.1, 0.15) is 6.10 Å². The Kier molecular flexibility index (Phi) is 5.60. The molecule has 2 N–H and O–H groups in total. The van der Waals surface area contributed by atoms with Crippen molar-refractivity contribution >= 4 is 5.91 Å². The van der Waals surface area contributed by atoms with Crippen LogP contribution in [-0.4, -0.2) is 36.2 Å². The highest BCUT2D eigenvalue weighted by molar-refractivity contribution is 5.81. The van der Waals surface area contributed by atoms with E-state index in [1.807, 2.05) is 20.8 Å². The maximum Gasteiger partial charge on any atom is 0.249 e. The van der Waals surface area contributed by atoms with Crippen molar-refractivity contribution in [1.82, 2.24) is 10.6 Å². The molecule has 0 spiro atoms. The van der Waals surface area contributed by atoms with Crippen LogP contribution in [0, 0.1) is 0 Å². The third-order valence-electron chi connectivity index (χ3n) is 3.73. The number of rotatable bonds is 5. The van der Waals surface area contributed by atoms with Crippen LogP contribution < -0.4 is 10.6 Å². The van der Waals surface area contributed by atoms with Crippen molar-refractivity contribution in [3.63, 3.8) is 0 Å². The lowest BCUT2D eigenvalue weighted by atomic mass is 10.0. The van der Waals surface area contributed by atoms with Gasteiger partial charge in [-0.05, 0) is 47.0 Å². The number of ether oxygens (including phenoxy) is 1. The van der Waals surface area contributed by atoms with Crippen molar-refractivity contribution < 1.29 is 9.53 Å². The van der Waals surface area contributed by atoms with Crippen molar-refractivity contribution in [3.05, 3.63) is 0 Å². The molecule has 0 saturated carbocycles. The number of amides is 1. The highest BCUT2D eigenvalue weighted by atomic mass is 16.5. The van der Waals surface area contributed by atoms with E-state index in [-0.39, 0.29) is 23.7 Å². The highest BCUT2D eigenvalue weighted by Crippen LogP contribution is 2.14. The topological polar surface area (TPSA) is 50.4 Å². The Bertz CT molecular complexity index is 271. The molecule has 0 aromatic heterocycles. The van der Waals surface area contributed by atoms with E-state index in [1.165, 1.54) is 0 Å². The van der Waals surface area contributed by atoms with Gasteiger partial charge in [-0.3, -0.25) is 4.79 Å². The first kappa shape index (κ1) is 15.4. The van der Waals surface area contributed by atoms with Gasteiger partial charge in [-0.2, -0.15) is 0 Å². The predicted molar refractivity (Wildman–Crippen MR) is 73.5 cm³/mol. The molecule has 0 aromatic carbocycles.